The minimum atomic E-state index is -0.0959. The summed E-state index contributed by atoms with van der Waals surface area (Å²) >= 11 is 0. The van der Waals surface area contributed by atoms with Gasteiger partial charge in [-0.05, 0) is 31.2 Å². The van der Waals surface area contributed by atoms with Gasteiger partial charge in [-0.1, -0.05) is 44.2 Å². The second-order valence-corrected chi connectivity index (χ2v) is 7.09. The third-order valence-electron chi connectivity index (χ3n) is 3.77. The fourth-order valence-electron chi connectivity index (χ4n) is 2.92. The van der Waals surface area contributed by atoms with E-state index >= 15 is 0 Å². The molecular weight excluding hydrogens is 274 g/mol. The van der Waals surface area contributed by atoms with Gasteiger partial charge in [-0.25, -0.2) is 0 Å². The molecule has 0 aromatic heterocycles. The summed E-state index contributed by atoms with van der Waals surface area (Å²) in [5.74, 6) is 0.148. The van der Waals surface area contributed by atoms with Gasteiger partial charge in [0.15, 0.2) is 5.78 Å². The van der Waals surface area contributed by atoms with Crippen molar-refractivity contribution in [2.45, 2.75) is 53.0 Å². The molecule has 1 aromatic carbocycles. The molecule has 0 saturated heterocycles. The summed E-state index contributed by atoms with van der Waals surface area (Å²) in [5, 5.41) is 10.5. The maximum atomic E-state index is 12.5. The summed E-state index contributed by atoms with van der Waals surface area (Å²) in [7, 11) is 0. The average molecular weight is 299 g/mol. The molecule has 118 valence electrons. The third kappa shape index (κ3) is 4.06. The molecule has 0 heterocycles. The highest BCUT2D eigenvalue weighted by atomic mass is 16.3. The number of rotatable bonds is 3. The van der Waals surface area contributed by atoms with Crippen LogP contribution in [0.1, 0.15) is 46.1 Å². The second kappa shape index (κ2) is 6.47. The zero-order chi connectivity index (χ0) is 16.3. The number of aliphatic hydroxyl groups excluding tert-OH is 1. The lowest BCUT2D eigenvalue weighted by Crippen LogP contribution is -2.33. The van der Waals surface area contributed by atoms with Crippen molar-refractivity contribution in [1.82, 2.24) is 0 Å². The highest BCUT2D eigenvalue weighted by Gasteiger charge is 2.36. The van der Waals surface area contributed by atoms with Crippen molar-refractivity contribution in [2.75, 3.05) is 0 Å². The smallest absolute Gasteiger partial charge is 0.168 e. The molecule has 0 spiro atoms. The van der Waals surface area contributed by atoms with Crippen LogP contribution in [0.5, 0.6) is 0 Å². The van der Waals surface area contributed by atoms with E-state index in [9.17, 15) is 9.90 Å². The van der Waals surface area contributed by atoms with E-state index in [1.54, 1.807) is 0 Å². The maximum absolute atomic E-state index is 12.5. The summed E-state index contributed by atoms with van der Waals surface area (Å²) in [6, 6.07) is 9.81. The minimum Gasteiger partial charge on any atom is -0.511 e. The summed E-state index contributed by atoms with van der Waals surface area (Å²) in [6.07, 6.45) is 1.56. The molecule has 1 saturated carbocycles. The van der Waals surface area contributed by atoms with Crippen molar-refractivity contribution in [1.29, 1.82) is 0 Å². The maximum Gasteiger partial charge on any atom is 0.168 e. The van der Waals surface area contributed by atoms with Crippen LogP contribution in [-0.4, -0.2) is 22.6 Å². The number of ketones is 1. The number of aliphatic hydroxyl groups is 1. The summed E-state index contributed by atoms with van der Waals surface area (Å²) < 4.78 is 0. The summed E-state index contributed by atoms with van der Waals surface area (Å²) in [5.41, 5.74) is 2.09. The van der Waals surface area contributed by atoms with Gasteiger partial charge in [0.1, 0.15) is 5.76 Å². The molecule has 1 aromatic rings. The molecule has 2 rings (SSSR count). The van der Waals surface area contributed by atoms with E-state index in [4.69, 9.17) is 0 Å². The Morgan fingerprint density at radius 2 is 1.86 bits per heavy atom. The van der Waals surface area contributed by atoms with Gasteiger partial charge in [0.05, 0.1) is 5.57 Å². The number of carbonyl (C=O) groups is 1. The van der Waals surface area contributed by atoms with E-state index in [2.05, 4.69) is 18.8 Å². The second-order valence-electron chi connectivity index (χ2n) is 7.09. The van der Waals surface area contributed by atoms with Crippen molar-refractivity contribution in [3.05, 3.63) is 47.2 Å². The van der Waals surface area contributed by atoms with E-state index < -0.39 is 0 Å². The van der Waals surface area contributed by atoms with Crippen molar-refractivity contribution >= 4 is 11.5 Å². The van der Waals surface area contributed by atoms with Crippen molar-refractivity contribution in [3.8, 4) is 0 Å². The Hall–Kier alpha value is -1.90. The predicted molar refractivity (Wildman–Crippen MR) is 90.4 cm³/mol. The Morgan fingerprint density at radius 3 is 2.45 bits per heavy atom. The molecule has 0 atom stereocenters. The van der Waals surface area contributed by atoms with Crippen LogP contribution in [0, 0.1) is 5.41 Å². The highest BCUT2D eigenvalue weighted by molar-refractivity contribution is 6.24. The number of allylic oxidation sites excluding steroid dienone is 2. The van der Waals surface area contributed by atoms with E-state index in [0.717, 1.165) is 17.7 Å². The summed E-state index contributed by atoms with van der Waals surface area (Å²) in [4.78, 5) is 17.1. The molecule has 1 aliphatic rings. The van der Waals surface area contributed by atoms with Gasteiger partial charge in [-0.3, -0.25) is 9.79 Å². The zero-order valence-electron chi connectivity index (χ0n) is 13.9. The number of hydrogen-bond acceptors (Lipinski definition) is 3. The standard InChI is InChI=1S/C19H25NO2/c1-13(2)20-15-11-19(3,4)12-17(22)18(15)16(21)10-14-8-6-5-7-9-14/h5-9,13,21H,10-12H2,1-4H3. The lowest BCUT2D eigenvalue weighted by molar-refractivity contribution is -0.117. The number of nitrogens with zero attached hydrogens (tertiary/aromatic N) is 1. The molecule has 3 heteroatoms. The van der Waals surface area contributed by atoms with Crippen LogP contribution in [0.15, 0.2) is 46.7 Å². The van der Waals surface area contributed by atoms with Crippen LogP contribution in [0.2, 0.25) is 0 Å². The molecule has 0 radical (unpaired) electrons. The molecular formula is C19H25NO2. The van der Waals surface area contributed by atoms with Gasteiger partial charge in [-0.15, -0.1) is 0 Å². The number of carbonyl (C=O) groups excluding carboxylic acids is 1. The Morgan fingerprint density at radius 1 is 1.23 bits per heavy atom. The van der Waals surface area contributed by atoms with E-state index in [-0.39, 0.29) is 23.0 Å². The first-order chi connectivity index (χ1) is 10.3. The Bertz CT molecular complexity index is 610. The number of benzene rings is 1. The zero-order valence-corrected chi connectivity index (χ0v) is 13.9. The number of hydrogen-bond donors (Lipinski definition) is 1. The molecule has 1 N–H and O–H groups in total. The van der Waals surface area contributed by atoms with Gasteiger partial charge in [0.25, 0.3) is 0 Å². The Labute approximate surface area is 132 Å². The quantitative estimate of drug-likeness (QED) is 0.669. The van der Waals surface area contributed by atoms with Crippen molar-refractivity contribution in [3.63, 3.8) is 0 Å². The van der Waals surface area contributed by atoms with Gasteiger partial charge >= 0.3 is 0 Å². The van der Waals surface area contributed by atoms with Gasteiger partial charge < -0.3 is 5.11 Å². The summed E-state index contributed by atoms with van der Waals surface area (Å²) in [6.45, 7) is 8.13. The fourth-order valence-corrected chi connectivity index (χ4v) is 2.92. The predicted octanol–water partition coefficient (Wildman–Crippen LogP) is 4.28. The topological polar surface area (TPSA) is 49.7 Å². The molecule has 0 aliphatic heterocycles. The fraction of sp³-hybridized carbons (Fsp3) is 0.474. The van der Waals surface area contributed by atoms with E-state index in [0.29, 0.717) is 18.4 Å². The monoisotopic (exact) mass is 299 g/mol. The highest BCUT2D eigenvalue weighted by Crippen LogP contribution is 2.35. The van der Waals surface area contributed by atoms with Crippen LogP contribution in [0.3, 0.4) is 0 Å². The van der Waals surface area contributed by atoms with Crippen LogP contribution in [0.25, 0.3) is 0 Å². The van der Waals surface area contributed by atoms with E-state index in [1.807, 2.05) is 44.2 Å². The van der Waals surface area contributed by atoms with Crippen LogP contribution in [0.4, 0.5) is 0 Å². The largest absolute Gasteiger partial charge is 0.511 e. The van der Waals surface area contributed by atoms with Crippen LogP contribution < -0.4 is 0 Å². The number of aliphatic imine (C=N–C) groups is 1. The van der Waals surface area contributed by atoms with Gasteiger partial charge in [0.2, 0.25) is 0 Å². The van der Waals surface area contributed by atoms with Gasteiger partial charge in [-0.2, -0.15) is 0 Å². The molecule has 1 fully saturated rings. The van der Waals surface area contributed by atoms with Gasteiger partial charge in [0, 0.05) is 24.6 Å². The van der Waals surface area contributed by atoms with Crippen molar-refractivity contribution in [2.24, 2.45) is 10.4 Å². The molecule has 1 aliphatic carbocycles. The first-order valence-electron chi connectivity index (χ1n) is 7.85. The van der Waals surface area contributed by atoms with Crippen LogP contribution >= 0.6 is 0 Å². The minimum absolute atomic E-state index is 0.00378. The first kappa shape index (κ1) is 16.5. The molecule has 0 bridgehead atoms. The Balaban J connectivity index is 2.39. The van der Waals surface area contributed by atoms with E-state index in [1.165, 1.54) is 0 Å². The first-order valence-corrected chi connectivity index (χ1v) is 7.85. The molecule has 0 unspecified atom stereocenters. The SMILES string of the molecule is CC(C)N=C1CC(C)(C)CC(=O)C1=C(O)Cc1ccccc1. The molecule has 0 amide bonds. The average Bonchev–Trinajstić information content (AvgIpc) is 2.36. The third-order valence-corrected chi connectivity index (χ3v) is 3.77. The number of Topliss-reactive ketones (excluding diaryl/α,β-unsaturated/α-hetero) is 1. The van der Waals surface area contributed by atoms with Crippen LogP contribution in [-0.2, 0) is 11.2 Å². The lowest BCUT2D eigenvalue weighted by atomic mass is 9.73. The Kier molecular flexibility index (Phi) is 4.84. The lowest BCUT2D eigenvalue weighted by Gasteiger charge is -2.31. The molecule has 22 heavy (non-hydrogen) atoms. The molecule has 3 nitrogen and oxygen atoms in total. The van der Waals surface area contributed by atoms with Crippen molar-refractivity contribution < 1.29 is 9.90 Å². The normalized spacial score (nSPS) is 22.2.